The standard InChI is InChI=1S/C18H18FN3O3/c19-12-3-1-2-11(6-12)13-8-22(9-14(13)18(24)25)17(23)16-7-15(20-21-16)10-4-5-10/h1-3,6-7,10,13-14H,4-5,8-9H2,(H,20,21)(H,24,25)/t13-,14+/m0/s1. The summed E-state index contributed by atoms with van der Waals surface area (Å²) >= 11 is 0. The first-order valence-corrected chi connectivity index (χ1v) is 8.36. The lowest BCUT2D eigenvalue weighted by atomic mass is 9.89. The molecule has 2 fully saturated rings. The summed E-state index contributed by atoms with van der Waals surface area (Å²) in [5, 5.41) is 16.5. The van der Waals surface area contributed by atoms with Crippen molar-refractivity contribution in [2.45, 2.75) is 24.7 Å². The van der Waals surface area contributed by atoms with Gasteiger partial charge in [0.25, 0.3) is 5.91 Å². The van der Waals surface area contributed by atoms with Crippen LogP contribution in [0.25, 0.3) is 0 Å². The molecule has 1 aliphatic carbocycles. The second kappa shape index (κ2) is 5.98. The Morgan fingerprint density at radius 3 is 2.72 bits per heavy atom. The highest BCUT2D eigenvalue weighted by molar-refractivity contribution is 5.93. The number of carbonyl (C=O) groups is 2. The third-order valence-corrected chi connectivity index (χ3v) is 5.04. The number of halogens is 1. The molecule has 1 aromatic carbocycles. The first-order chi connectivity index (χ1) is 12.0. The van der Waals surface area contributed by atoms with Crippen LogP contribution in [0.3, 0.4) is 0 Å². The highest BCUT2D eigenvalue weighted by atomic mass is 19.1. The van der Waals surface area contributed by atoms with Crippen molar-refractivity contribution >= 4 is 11.9 Å². The van der Waals surface area contributed by atoms with Crippen molar-refractivity contribution in [3.63, 3.8) is 0 Å². The Labute approximate surface area is 143 Å². The number of benzene rings is 1. The molecule has 4 rings (SSSR count). The molecule has 0 spiro atoms. The molecule has 0 bridgehead atoms. The van der Waals surface area contributed by atoms with Gasteiger partial charge in [0, 0.05) is 30.6 Å². The number of aromatic amines is 1. The van der Waals surface area contributed by atoms with E-state index >= 15 is 0 Å². The molecule has 0 radical (unpaired) electrons. The summed E-state index contributed by atoms with van der Waals surface area (Å²) < 4.78 is 13.5. The van der Waals surface area contributed by atoms with Crippen LogP contribution in [0, 0.1) is 11.7 Å². The van der Waals surface area contributed by atoms with E-state index < -0.39 is 23.6 Å². The third kappa shape index (κ3) is 3.01. The van der Waals surface area contributed by atoms with Crippen LogP contribution in [0.15, 0.2) is 30.3 Å². The minimum Gasteiger partial charge on any atom is -0.481 e. The Bertz CT molecular complexity index is 830. The molecule has 6 nitrogen and oxygen atoms in total. The topological polar surface area (TPSA) is 86.3 Å². The highest BCUT2D eigenvalue weighted by Crippen LogP contribution is 2.39. The van der Waals surface area contributed by atoms with Crippen molar-refractivity contribution in [2.24, 2.45) is 5.92 Å². The number of nitrogens with one attached hydrogen (secondary N) is 1. The van der Waals surface area contributed by atoms with E-state index in [1.165, 1.54) is 17.0 Å². The van der Waals surface area contributed by atoms with Gasteiger partial charge in [0.15, 0.2) is 0 Å². The Kier molecular flexibility index (Phi) is 3.78. The van der Waals surface area contributed by atoms with Crippen molar-refractivity contribution in [1.82, 2.24) is 15.1 Å². The molecular formula is C18H18FN3O3. The Balaban J connectivity index is 1.56. The Morgan fingerprint density at radius 1 is 1.24 bits per heavy atom. The molecule has 25 heavy (non-hydrogen) atoms. The maximum atomic E-state index is 13.5. The fraction of sp³-hybridized carbons (Fsp3) is 0.389. The van der Waals surface area contributed by atoms with Crippen LogP contribution in [0.4, 0.5) is 4.39 Å². The number of aromatic nitrogens is 2. The van der Waals surface area contributed by atoms with Gasteiger partial charge < -0.3 is 10.0 Å². The van der Waals surface area contributed by atoms with Crippen molar-refractivity contribution in [3.8, 4) is 0 Å². The van der Waals surface area contributed by atoms with E-state index in [4.69, 9.17) is 0 Å². The zero-order valence-corrected chi connectivity index (χ0v) is 13.5. The maximum absolute atomic E-state index is 13.5. The molecule has 1 saturated heterocycles. The highest BCUT2D eigenvalue weighted by Gasteiger charge is 2.41. The van der Waals surface area contributed by atoms with Gasteiger partial charge in [-0.25, -0.2) is 4.39 Å². The van der Waals surface area contributed by atoms with Gasteiger partial charge in [-0.3, -0.25) is 14.7 Å². The van der Waals surface area contributed by atoms with Crippen LogP contribution in [0.1, 0.15) is 46.4 Å². The quantitative estimate of drug-likeness (QED) is 0.892. The molecule has 7 heteroatoms. The molecule has 2 atom stereocenters. The first kappa shape index (κ1) is 15.8. The molecule has 130 valence electrons. The van der Waals surface area contributed by atoms with Gasteiger partial charge >= 0.3 is 5.97 Å². The number of H-pyrrole nitrogens is 1. The summed E-state index contributed by atoms with van der Waals surface area (Å²) in [6.45, 7) is 0.339. The predicted molar refractivity (Wildman–Crippen MR) is 86.7 cm³/mol. The third-order valence-electron chi connectivity index (χ3n) is 5.04. The van der Waals surface area contributed by atoms with E-state index in [2.05, 4.69) is 10.2 Å². The molecule has 1 amide bonds. The van der Waals surface area contributed by atoms with Gasteiger partial charge in [0.05, 0.1) is 5.92 Å². The van der Waals surface area contributed by atoms with Crippen molar-refractivity contribution < 1.29 is 19.1 Å². The van der Waals surface area contributed by atoms with Crippen LogP contribution in [0.2, 0.25) is 0 Å². The molecule has 1 aromatic heterocycles. The number of carboxylic acids is 1. The van der Waals surface area contributed by atoms with Crippen LogP contribution < -0.4 is 0 Å². The summed E-state index contributed by atoms with van der Waals surface area (Å²) in [6, 6.07) is 7.68. The average Bonchev–Trinajstić information content (AvgIpc) is 3.15. The number of amides is 1. The summed E-state index contributed by atoms with van der Waals surface area (Å²) in [4.78, 5) is 25.8. The first-order valence-electron chi connectivity index (χ1n) is 8.36. The number of hydrogen-bond donors (Lipinski definition) is 2. The number of hydrogen-bond acceptors (Lipinski definition) is 3. The zero-order valence-electron chi connectivity index (χ0n) is 13.5. The van der Waals surface area contributed by atoms with Gasteiger partial charge in [-0.2, -0.15) is 5.10 Å². The molecule has 0 unspecified atom stereocenters. The fourth-order valence-corrected chi connectivity index (χ4v) is 3.51. The zero-order chi connectivity index (χ0) is 17.6. The molecule has 2 aromatic rings. The summed E-state index contributed by atoms with van der Waals surface area (Å²) in [6.07, 6.45) is 2.20. The minimum atomic E-state index is -0.981. The van der Waals surface area contributed by atoms with E-state index in [0.717, 1.165) is 18.5 Å². The van der Waals surface area contributed by atoms with Gasteiger partial charge in [-0.15, -0.1) is 0 Å². The number of nitrogens with zero attached hydrogens (tertiary/aromatic N) is 2. The van der Waals surface area contributed by atoms with Gasteiger partial charge in [-0.05, 0) is 36.6 Å². The molecule has 2 aliphatic rings. The van der Waals surface area contributed by atoms with Gasteiger partial charge in [0.1, 0.15) is 11.5 Å². The van der Waals surface area contributed by atoms with E-state index in [9.17, 15) is 19.1 Å². The maximum Gasteiger partial charge on any atom is 0.308 e. The Morgan fingerprint density at radius 2 is 2.04 bits per heavy atom. The smallest absolute Gasteiger partial charge is 0.308 e. The van der Waals surface area contributed by atoms with Crippen molar-refractivity contribution in [2.75, 3.05) is 13.1 Å². The fourth-order valence-electron chi connectivity index (χ4n) is 3.51. The molecule has 1 aliphatic heterocycles. The van der Waals surface area contributed by atoms with Crippen LogP contribution in [-0.2, 0) is 4.79 Å². The van der Waals surface area contributed by atoms with Crippen molar-refractivity contribution in [3.05, 3.63) is 53.1 Å². The van der Waals surface area contributed by atoms with E-state index in [0.29, 0.717) is 17.2 Å². The van der Waals surface area contributed by atoms with Gasteiger partial charge in [0.2, 0.25) is 0 Å². The monoisotopic (exact) mass is 343 g/mol. The molecular weight excluding hydrogens is 325 g/mol. The van der Waals surface area contributed by atoms with Crippen LogP contribution in [-0.4, -0.2) is 45.2 Å². The summed E-state index contributed by atoms with van der Waals surface area (Å²) in [5.41, 5.74) is 1.87. The van der Waals surface area contributed by atoms with E-state index in [-0.39, 0.29) is 19.0 Å². The van der Waals surface area contributed by atoms with Crippen LogP contribution in [0.5, 0.6) is 0 Å². The Hall–Kier alpha value is -2.70. The molecule has 2 heterocycles. The SMILES string of the molecule is O=C(O)[C@@H]1CN(C(=O)c2cc(C3CC3)[nH]n2)C[C@H]1c1cccc(F)c1. The van der Waals surface area contributed by atoms with E-state index in [1.807, 2.05) is 0 Å². The molecule has 1 saturated carbocycles. The number of aliphatic carboxylic acids is 1. The number of carbonyl (C=O) groups excluding carboxylic acids is 1. The second-order valence-electron chi connectivity index (χ2n) is 6.80. The summed E-state index contributed by atoms with van der Waals surface area (Å²) in [7, 11) is 0. The van der Waals surface area contributed by atoms with Gasteiger partial charge in [-0.1, -0.05) is 12.1 Å². The lowest BCUT2D eigenvalue weighted by Crippen LogP contribution is -2.30. The van der Waals surface area contributed by atoms with Crippen molar-refractivity contribution in [1.29, 1.82) is 0 Å². The predicted octanol–water partition coefficient (Wildman–Crippen LogP) is 2.37. The number of carboxylic acid groups (broad SMARTS) is 1. The largest absolute Gasteiger partial charge is 0.481 e. The van der Waals surface area contributed by atoms with Crippen LogP contribution >= 0.6 is 0 Å². The number of rotatable bonds is 4. The summed E-state index contributed by atoms with van der Waals surface area (Å²) in [5.74, 6) is -2.41. The van der Waals surface area contributed by atoms with E-state index in [1.54, 1.807) is 18.2 Å². The number of likely N-dealkylation sites (tertiary alicyclic amines) is 1. The minimum absolute atomic E-state index is 0.0982. The average molecular weight is 343 g/mol. The lowest BCUT2D eigenvalue weighted by molar-refractivity contribution is -0.141. The molecule has 2 N–H and O–H groups in total. The second-order valence-corrected chi connectivity index (χ2v) is 6.80. The lowest BCUT2D eigenvalue weighted by Gasteiger charge is -2.15. The normalized spacial score (nSPS) is 23.0.